The van der Waals surface area contributed by atoms with Gasteiger partial charge in [0.05, 0.1) is 17.6 Å². The van der Waals surface area contributed by atoms with Crippen LogP contribution >= 0.6 is 0 Å². The Bertz CT molecular complexity index is 502. The number of hydrogen-bond donors (Lipinski definition) is 2. The number of nitrogens with zero attached hydrogens (tertiary/aromatic N) is 1. The Morgan fingerprint density at radius 2 is 2.33 bits per heavy atom. The molecule has 0 fully saturated rings. The normalized spacial score (nSPS) is 10.8. The summed E-state index contributed by atoms with van der Waals surface area (Å²) in [6.07, 6.45) is 0.437. The van der Waals surface area contributed by atoms with E-state index >= 15 is 0 Å². The maximum absolute atomic E-state index is 11.4. The summed E-state index contributed by atoms with van der Waals surface area (Å²) < 4.78 is 0. The molecule has 0 aliphatic heterocycles. The van der Waals surface area contributed by atoms with Crippen molar-refractivity contribution < 1.29 is 9.90 Å². The molecule has 1 aromatic carbocycles. The minimum Gasteiger partial charge on any atom is -0.392 e. The average Bonchev–Trinajstić information content (AvgIpc) is 2.70. The van der Waals surface area contributed by atoms with Gasteiger partial charge in [-0.05, 0) is 17.7 Å². The zero-order chi connectivity index (χ0) is 10.8. The molecule has 1 heterocycles. The summed E-state index contributed by atoms with van der Waals surface area (Å²) in [4.78, 5) is 18.5. The molecule has 0 amide bonds. The van der Waals surface area contributed by atoms with Crippen molar-refractivity contribution in [1.29, 1.82) is 0 Å². The summed E-state index contributed by atoms with van der Waals surface area (Å²) in [5.41, 5.74) is 2.35. The van der Waals surface area contributed by atoms with E-state index in [4.69, 9.17) is 5.11 Å². The fourth-order valence-corrected chi connectivity index (χ4v) is 1.45. The number of carbonyl (C=O) groups is 1. The Balaban J connectivity index is 2.51. The van der Waals surface area contributed by atoms with E-state index in [-0.39, 0.29) is 12.4 Å². The number of nitrogens with one attached hydrogen (secondary N) is 1. The zero-order valence-corrected chi connectivity index (χ0v) is 8.45. The van der Waals surface area contributed by atoms with Crippen molar-refractivity contribution in [2.75, 3.05) is 0 Å². The van der Waals surface area contributed by atoms with Crippen molar-refractivity contribution >= 4 is 16.8 Å². The number of hydrogen-bond acceptors (Lipinski definition) is 3. The maximum Gasteiger partial charge on any atom is 0.197 e. The van der Waals surface area contributed by atoms with Crippen molar-refractivity contribution in [3.63, 3.8) is 0 Å². The molecule has 2 N–H and O–H groups in total. The van der Waals surface area contributed by atoms with Gasteiger partial charge in [0, 0.05) is 6.42 Å². The number of imidazole rings is 1. The number of fused-ring (bicyclic) bond motifs is 1. The molecule has 0 aliphatic rings. The molecule has 4 heteroatoms. The first-order valence-corrected chi connectivity index (χ1v) is 4.87. The van der Waals surface area contributed by atoms with Gasteiger partial charge in [0.2, 0.25) is 0 Å². The van der Waals surface area contributed by atoms with Crippen LogP contribution in [0.5, 0.6) is 0 Å². The van der Waals surface area contributed by atoms with Crippen molar-refractivity contribution in [3.05, 3.63) is 29.6 Å². The van der Waals surface area contributed by atoms with E-state index in [0.29, 0.717) is 12.2 Å². The summed E-state index contributed by atoms with van der Waals surface area (Å²) in [6, 6.07) is 5.39. The molecule has 4 nitrogen and oxygen atoms in total. The first-order valence-electron chi connectivity index (χ1n) is 4.87. The van der Waals surface area contributed by atoms with Gasteiger partial charge in [-0.25, -0.2) is 4.98 Å². The van der Waals surface area contributed by atoms with Crippen LogP contribution in [0.1, 0.15) is 29.5 Å². The van der Waals surface area contributed by atoms with Gasteiger partial charge in [-0.1, -0.05) is 13.0 Å². The third-order valence-electron chi connectivity index (χ3n) is 2.31. The monoisotopic (exact) mass is 204 g/mol. The molecule has 0 spiro atoms. The van der Waals surface area contributed by atoms with Crippen molar-refractivity contribution in [2.24, 2.45) is 0 Å². The summed E-state index contributed by atoms with van der Waals surface area (Å²) in [6.45, 7) is 1.79. The first-order chi connectivity index (χ1) is 7.24. The lowest BCUT2D eigenvalue weighted by Crippen LogP contribution is -1.98. The van der Waals surface area contributed by atoms with Crippen LogP contribution in [0.15, 0.2) is 18.2 Å². The van der Waals surface area contributed by atoms with Crippen LogP contribution in [0.3, 0.4) is 0 Å². The Morgan fingerprint density at radius 3 is 3.00 bits per heavy atom. The van der Waals surface area contributed by atoms with Gasteiger partial charge < -0.3 is 10.1 Å². The van der Waals surface area contributed by atoms with Crippen molar-refractivity contribution in [3.8, 4) is 0 Å². The second-order valence-electron chi connectivity index (χ2n) is 3.37. The lowest BCUT2D eigenvalue weighted by Gasteiger charge is -1.93. The molecule has 2 aromatic rings. The smallest absolute Gasteiger partial charge is 0.197 e. The molecule has 0 bridgehead atoms. The minimum atomic E-state index is -0.00792. The molecule has 0 unspecified atom stereocenters. The molecule has 78 valence electrons. The van der Waals surface area contributed by atoms with E-state index < -0.39 is 0 Å². The van der Waals surface area contributed by atoms with E-state index in [9.17, 15) is 4.79 Å². The molecule has 0 atom stereocenters. The Labute approximate surface area is 87.0 Å². The average molecular weight is 204 g/mol. The number of benzene rings is 1. The van der Waals surface area contributed by atoms with Gasteiger partial charge in [-0.3, -0.25) is 4.79 Å². The van der Waals surface area contributed by atoms with Gasteiger partial charge in [0.25, 0.3) is 0 Å². The lowest BCUT2D eigenvalue weighted by molar-refractivity contribution is 0.0979. The number of H-pyrrole nitrogens is 1. The molecule has 15 heavy (non-hydrogen) atoms. The van der Waals surface area contributed by atoms with E-state index in [1.807, 2.05) is 0 Å². The fourth-order valence-electron chi connectivity index (χ4n) is 1.45. The Hall–Kier alpha value is -1.68. The Kier molecular flexibility index (Phi) is 2.51. The number of aromatic amines is 1. The Morgan fingerprint density at radius 1 is 1.53 bits per heavy atom. The fraction of sp³-hybridized carbons (Fsp3) is 0.273. The predicted molar refractivity (Wildman–Crippen MR) is 56.6 cm³/mol. The third-order valence-corrected chi connectivity index (χ3v) is 2.31. The highest BCUT2D eigenvalue weighted by molar-refractivity contribution is 5.95. The van der Waals surface area contributed by atoms with Crippen molar-refractivity contribution in [1.82, 2.24) is 9.97 Å². The standard InChI is InChI=1S/C11H12N2O2/c1-2-10(15)11-12-8-4-3-7(6-14)5-9(8)13-11/h3-5,14H,2,6H2,1H3,(H,12,13). The van der Waals surface area contributed by atoms with Gasteiger partial charge in [0.15, 0.2) is 11.6 Å². The number of Topliss-reactive ketones (excluding diaryl/α,β-unsaturated/α-hetero) is 1. The summed E-state index contributed by atoms with van der Waals surface area (Å²) in [5, 5.41) is 8.96. The first kappa shape index (κ1) is 9.86. The second-order valence-corrected chi connectivity index (χ2v) is 3.37. The van der Waals surface area contributed by atoms with E-state index in [1.54, 1.807) is 25.1 Å². The summed E-state index contributed by atoms with van der Waals surface area (Å²) in [5.74, 6) is 0.388. The molecule has 0 aliphatic carbocycles. The molecule has 1 aromatic heterocycles. The SMILES string of the molecule is CCC(=O)c1nc2ccc(CO)cc2[nH]1. The van der Waals surface area contributed by atoms with Gasteiger partial charge in [-0.2, -0.15) is 0 Å². The van der Waals surface area contributed by atoms with Crippen LogP contribution in [0, 0.1) is 0 Å². The highest BCUT2D eigenvalue weighted by Gasteiger charge is 2.09. The van der Waals surface area contributed by atoms with Crippen LogP contribution in [0.4, 0.5) is 0 Å². The van der Waals surface area contributed by atoms with Crippen LogP contribution in [-0.2, 0) is 6.61 Å². The van der Waals surface area contributed by atoms with Crippen LogP contribution in [-0.4, -0.2) is 20.9 Å². The molecular formula is C11H12N2O2. The number of aliphatic hydroxyl groups is 1. The zero-order valence-electron chi connectivity index (χ0n) is 8.45. The highest BCUT2D eigenvalue weighted by atomic mass is 16.3. The highest BCUT2D eigenvalue weighted by Crippen LogP contribution is 2.14. The van der Waals surface area contributed by atoms with Crippen LogP contribution in [0.2, 0.25) is 0 Å². The molecule has 2 rings (SSSR count). The van der Waals surface area contributed by atoms with Gasteiger partial charge in [0.1, 0.15) is 0 Å². The van der Waals surface area contributed by atoms with E-state index in [1.165, 1.54) is 0 Å². The number of ketones is 1. The topological polar surface area (TPSA) is 66.0 Å². The van der Waals surface area contributed by atoms with Gasteiger partial charge >= 0.3 is 0 Å². The summed E-state index contributed by atoms with van der Waals surface area (Å²) in [7, 11) is 0. The molecular weight excluding hydrogens is 192 g/mol. The maximum atomic E-state index is 11.4. The molecule has 0 radical (unpaired) electrons. The van der Waals surface area contributed by atoms with Gasteiger partial charge in [-0.15, -0.1) is 0 Å². The molecule has 0 saturated carbocycles. The van der Waals surface area contributed by atoms with Crippen LogP contribution in [0.25, 0.3) is 11.0 Å². The predicted octanol–water partition coefficient (Wildman–Crippen LogP) is 1.65. The van der Waals surface area contributed by atoms with Crippen molar-refractivity contribution in [2.45, 2.75) is 20.0 Å². The summed E-state index contributed by atoms with van der Waals surface area (Å²) >= 11 is 0. The number of rotatable bonds is 3. The third kappa shape index (κ3) is 1.76. The molecule has 0 saturated heterocycles. The van der Waals surface area contributed by atoms with Crippen LogP contribution < -0.4 is 0 Å². The largest absolute Gasteiger partial charge is 0.392 e. The number of aromatic nitrogens is 2. The lowest BCUT2D eigenvalue weighted by atomic mass is 10.2. The number of carbonyl (C=O) groups excluding carboxylic acids is 1. The van der Waals surface area contributed by atoms with E-state index in [2.05, 4.69) is 9.97 Å². The second kappa shape index (κ2) is 3.82. The minimum absolute atomic E-state index is 0.00301. The van der Waals surface area contributed by atoms with E-state index in [0.717, 1.165) is 16.6 Å². The quantitative estimate of drug-likeness (QED) is 0.747. The number of aliphatic hydroxyl groups excluding tert-OH is 1.